The normalized spacial score (nSPS) is 16.7. The summed E-state index contributed by atoms with van der Waals surface area (Å²) in [6.45, 7) is 5.03. The number of nitro groups is 1. The van der Waals surface area contributed by atoms with Crippen LogP contribution in [0.2, 0.25) is 5.02 Å². The van der Waals surface area contributed by atoms with Gasteiger partial charge < -0.3 is 9.30 Å². The summed E-state index contributed by atoms with van der Waals surface area (Å²) in [6, 6.07) is 16.7. The molecule has 7 heteroatoms. The summed E-state index contributed by atoms with van der Waals surface area (Å²) in [5.74, 6) is 0.845. The Morgan fingerprint density at radius 1 is 1.17 bits per heavy atom. The van der Waals surface area contributed by atoms with Gasteiger partial charge in [0.15, 0.2) is 0 Å². The van der Waals surface area contributed by atoms with E-state index in [9.17, 15) is 10.1 Å². The predicted octanol–water partition coefficient (Wildman–Crippen LogP) is 5.44. The Morgan fingerprint density at radius 3 is 2.83 bits per heavy atom. The minimum atomic E-state index is -0.370. The Morgan fingerprint density at radius 2 is 2.03 bits per heavy atom. The highest BCUT2D eigenvalue weighted by Crippen LogP contribution is 2.38. The number of non-ortho nitro benzene ring substituents is 1. The summed E-state index contributed by atoms with van der Waals surface area (Å²) in [5.41, 5.74) is 3.03. The highest BCUT2D eigenvalue weighted by atomic mass is 35.5. The molecule has 4 rings (SSSR count). The molecule has 2 aromatic carbocycles. The van der Waals surface area contributed by atoms with E-state index in [1.807, 2.05) is 25.1 Å². The van der Waals surface area contributed by atoms with E-state index in [1.54, 1.807) is 12.1 Å². The fourth-order valence-electron chi connectivity index (χ4n) is 4.15. The van der Waals surface area contributed by atoms with Crippen LogP contribution < -0.4 is 4.74 Å². The Hall–Kier alpha value is -2.83. The van der Waals surface area contributed by atoms with Crippen LogP contribution in [0, 0.1) is 10.1 Å². The zero-order valence-corrected chi connectivity index (χ0v) is 17.6. The SMILES string of the molecule is CCOc1cccc(CN2CCCn3cccc3C2c2cc([N+](=O)[O-])ccc2Cl)c1. The van der Waals surface area contributed by atoms with Crippen LogP contribution in [0.3, 0.4) is 0 Å². The van der Waals surface area contributed by atoms with Crippen LogP contribution in [0.15, 0.2) is 60.8 Å². The molecule has 3 aromatic rings. The van der Waals surface area contributed by atoms with Crippen LogP contribution in [0.1, 0.15) is 36.2 Å². The van der Waals surface area contributed by atoms with Crippen molar-refractivity contribution in [3.8, 4) is 5.75 Å². The molecule has 0 N–H and O–H groups in total. The number of hydrogen-bond donors (Lipinski definition) is 0. The Balaban J connectivity index is 1.76. The molecule has 0 aliphatic carbocycles. The highest BCUT2D eigenvalue weighted by molar-refractivity contribution is 6.31. The zero-order valence-electron chi connectivity index (χ0n) is 16.8. The molecule has 1 unspecified atom stereocenters. The quantitative estimate of drug-likeness (QED) is 0.389. The van der Waals surface area contributed by atoms with Crippen LogP contribution in [0.4, 0.5) is 5.69 Å². The number of aromatic nitrogens is 1. The molecule has 0 amide bonds. The van der Waals surface area contributed by atoms with Crippen molar-refractivity contribution >= 4 is 17.3 Å². The molecule has 0 radical (unpaired) electrons. The predicted molar refractivity (Wildman–Crippen MR) is 117 cm³/mol. The second-order valence-electron chi connectivity index (χ2n) is 7.40. The average Bonchev–Trinajstić information content (AvgIpc) is 3.11. The van der Waals surface area contributed by atoms with Gasteiger partial charge in [-0.25, -0.2) is 0 Å². The van der Waals surface area contributed by atoms with Gasteiger partial charge in [-0.2, -0.15) is 0 Å². The van der Waals surface area contributed by atoms with Gasteiger partial charge in [-0.05, 0) is 49.2 Å². The van der Waals surface area contributed by atoms with Gasteiger partial charge >= 0.3 is 0 Å². The molecule has 0 bridgehead atoms. The van der Waals surface area contributed by atoms with Crippen LogP contribution in [0.25, 0.3) is 0 Å². The van der Waals surface area contributed by atoms with E-state index >= 15 is 0 Å². The largest absolute Gasteiger partial charge is 0.494 e. The first kappa shape index (κ1) is 20.4. The first-order valence-electron chi connectivity index (χ1n) is 10.1. The van der Waals surface area contributed by atoms with Crippen LogP contribution in [0.5, 0.6) is 5.75 Å². The summed E-state index contributed by atoms with van der Waals surface area (Å²) in [6.07, 6.45) is 3.04. The number of aryl methyl sites for hydroxylation is 1. The molecule has 0 spiro atoms. The molecule has 0 fully saturated rings. The summed E-state index contributed by atoms with van der Waals surface area (Å²) in [4.78, 5) is 13.4. The molecule has 0 saturated heterocycles. The molecular formula is C23H24ClN3O3. The maximum atomic E-state index is 11.4. The maximum absolute atomic E-state index is 11.4. The van der Waals surface area contributed by atoms with E-state index in [4.69, 9.17) is 16.3 Å². The standard InChI is InChI=1S/C23H24ClN3O3/c1-2-30-19-7-3-6-17(14-19)16-26-13-5-12-25-11-4-8-22(25)23(26)20-15-18(27(28)29)9-10-21(20)24/h3-4,6-11,14-15,23H,2,5,12-13,16H2,1H3. The van der Waals surface area contributed by atoms with Crippen LogP contribution >= 0.6 is 11.6 Å². The molecule has 1 aliphatic rings. The van der Waals surface area contributed by atoms with Gasteiger partial charge in [0.05, 0.1) is 17.6 Å². The fraction of sp³-hybridized carbons (Fsp3) is 0.304. The number of rotatable bonds is 6. The highest BCUT2D eigenvalue weighted by Gasteiger charge is 2.30. The fourth-order valence-corrected chi connectivity index (χ4v) is 4.38. The molecule has 1 atom stereocenters. The maximum Gasteiger partial charge on any atom is 0.269 e. The second kappa shape index (κ2) is 8.90. The molecule has 156 valence electrons. The first-order valence-corrected chi connectivity index (χ1v) is 10.5. The van der Waals surface area contributed by atoms with Crippen molar-refractivity contribution in [2.45, 2.75) is 32.5 Å². The summed E-state index contributed by atoms with van der Waals surface area (Å²) < 4.78 is 7.88. The molecule has 0 saturated carbocycles. The van der Waals surface area contributed by atoms with Crippen molar-refractivity contribution in [3.63, 3.8) is 0 Å². The lowest BCUT2D eigenvalue weighted by Gasteiger charge is -2.31. The summed E-state index contributed by atoms with van der Waals surface area (Å²) >= 11 is 6.58. The summed E-state index contributed by atoms with van der Waals surface area (Å²) in [5, 5.41) is 11.9. The van der Waals surface area contributed by atoms with Crippen molar-refractivity contribution in [2.75, 3.05) is 13.2 Å². The summed E-state index contributed by atoms with van der Waals surface area (Å²) in [7, 11) is 0. The van der Waals surface area contributed by atoms with Gasteiger partial charge in [0, 0.05) is 54.2 Å². The van der Waals surface area contributed by atoms with Crippen LogP contribution in [-0.2, 0) is 13.1 Å². The number of nitro benzene ring substituents is 1. The van der Waals surface area contributed by atoms with Crippen molar-refractivity contribution in [3.05, 3.63) is 92.8 Å². The van der Waals surface area contributed by atoms with Gasteiger partial charge in [0.1, 0.15) is 5.75 Å². The number of ether oxygens (including phenoxy) is 1. The van der Waals surface area contributed by atoms with E-state index in [0.29, 0.717) is 18.2 Å². The molecule has 1 aliphatic heterocycles. The molecule has 30 heavy (non-hydrogen) atoms. The Bertz CT molecular complexity index is 1050. The van der Waals surface area contributed by atoms with Crippen molar-refractivity contribution in [2.24, 2.45) is 0 Å². The van der Waals surface area contributed by atoms with E-state index < -0.39 is 0 Å². The number of halogens is 1. The van der Waals surface area contributed by atoms with Crippen molar-refractivity contribution in [1.82, 2.24) is 9.47 Å². The Kier molecular flexibility index (Phi) is 6.06. The van der Waals surface area contributed by atoms with Gasteiger partial charge in [0.2, 0.25) is 0 Å². The minimum Gasteiger partial charge on any atom is -0.494 e. The molecule has 2 heterocycles. The molecular weight excluding hydrogens is 402 g/mol. The third kappa shape index (κ3) is 4.20. The molecule has 6 nitrogen and oxygen atoms in total. The van der Waals surface area contributed by atoms with E-state index in [0.717, 1.165) is 42.1 Å². The van der Waals surface area contributed by atoms with Gasteiger partial charge in [0.25, 0.3) is 5.69 Å². The number of hydrogen-bond acceptors (Lipinski definition) is 4. The number of benzene rings is 2. The van der Waals surface area contributed by atoms with Crippen molar-refractivity contribution in [1.29, 1.82) is 0 Å². The lowest BCUT2D eigenvalue weighted by atomic mass is 10.00. The number of fused-ring (bicyclic) bond motifs is 1. The third-order valence-corrected chi connectivity index (χ3v) is 5.78. The van der Waals surface area contributed by atoms with E-state index in [2.05, 4.69) is 33.9 Å². The van der Waals surface area contributed by atoms with E-state index in [1.165, 1.54) is 6.07 Å². The first-order chi connectivity index (χ1) is 14.6. The van der Waals surface area contributed by atoms with Gasteiger partial charge in [-0.15, -0.1) is 0 Å². The monoisotopic (exact) mass is 425 g/mol. The second-order valence-corrected chi connectivity index (χ2v) is 7.80. The molecule has 1 aromatic heterocycles. The lowest BCUT2D eigenvalue weighted by Crippen LogP contribution is -2.29. The zero-order chi connectivity index (χ0) is 21.1. The Labute approximate surface area is 180 Å². The lowest BCUT2D eigenvalue weighted by molar-refractivity contribution is -0.384. The number of nitrogens with zero attached hydrogens (tertiary/aromatic N) is 3. The third-order valence-electron chi connectivity index (χ3n) is 5.43. The average molecular weight is 426 g/mol. The minimum absolute atomic E-state index is 0.0510. The van der Waals surface area contributed by atoms with Gasteiger partial charge in [-0.1, -0.05) is 23.7 Å². The van der Waals surface area contributed by atoms with Crippen molar-refractivity contribution < 1.29 is 9.66 Å². The van der Waals surface area contributed by atoms with Crippen LogP contribution in [-0.4, -0.2) is 27.5 Å². The topological polar surface area (TPSA) is 60.5 Å². The smallest absolute Gasteiger partial charge is 0.269 e. The van der Waals surface area contributed by atoms with Gasteiger partial charge in [-0.3, -0.25) is 15.0 Å². The van der Waals surface area contributed by atoms with E-state index in [-0.39, 0.29) is 16.7 Å².